The molecule has 1 saturated carbocycles. The minimum Gasteiger partial charge on any atom is -0.409 e. The van der Waals surface area contributed by atoms with Crippen molar-refractivity contribution in [1.29, 1.82) is 0 Å². The summed E-state index contributed by atoms with van der Waals surface area (Å²) in [5.41, 5.74) is 7.17. The molecular weight excluding hydrogens is 256 g/mol. The molecule has 108 valence electrons. The molecule has 1 aliphatic rings. The third-order valence-corrected chi connectivity index (χ3v) is 3.96. The second-order valence-electron chi connectivity index (χ2n) is 5.31. The first kappa shape index (κ1) is 14.3. The summed E-state index contributed by atoms with van der Waals surface area (Å²) in [6.07, 6.45) is 3.00. The van der Waals surface area contributed by atoms with Gasteiger partial charge in [-0.3, -0.25) is 9.78 Å². The second kappa shape index (κ2) is 5.48. The van der Waals surface area contributed by atoms with E-state index in [-0.39, 0.29) is 11.7 Å². The Morgan fingerprint density at radius 1 is 1.40 bits per heavy atom. The number of hydrogen-bond donors (Lipinski definition) is 3. The van der Waals surface area contributed by atoms with E-state index in [9.17, 15) is 4.79 Å². The lowest BCUT2D eigenvalue weighted by molar-refractivity contribution is -0.122. The van der Waals surface area contributed by atoms with Gasteiger partial charge in [0.1, 0.15) is 5.41 Å². The summed E-state index contributed by atoms with van der Waals surface area (Å²) in [6.45, 7) is 3.74. The largest absolute Gasteiger partial charge is 0.409 e. The Morgan fingerprint density at radius 3 is 2.60 bits per heavy atom. The van der Waals surface area contributed by atoms with Crippen molar-refractivity contribution in [2.45, 2.75) is 39.5 Å². The maximum atomic E-state index is 12.6. The Kier molecular flexibility index (Phi) is 3.92. The molecule has 20 heavy (non-hydrogen) atoms. The van der Waals surface area contributed by atoms with E-state index in [0.717, 1.165) is 24.2 Å². The highest BCUT2D eigenvalue weighted by molar-refractivity contribution is 6.12. The lowest BCUT2D eigenvalue weighted by Gasteiger charge is -2.26. The van der Waals surface area contributed by atoms with Gasteiger partial charge in [0.2, 0.25) is 5.91 Å². The number of anilines is 1. The van der Waals surface area contributed by atoms with Crippen molar-refractivity contribution in [3.05, 3.63) is 23.5 Å². The van der Waals surface area contributed by atoms with Gasteiger partial charge in [-0.15, -0.1) is 0 Å². The smallest absolute Gasteiger partial charge is 0.238 e. The zero-order valence-corrected chi connectivity index (χ0v) is 11.8. The molecule has 1 amide bonds. The zero-order chi connectivity index (χ0) is 14.8. The van der Waals surface area contributed by atoms with E-state index in [4.69, 9.17) is 10.9 Å². The molecule has 4 N–H and O–H groups in total. The molecule has 1 heterocycles. The van der Waals surface area contributed by atoms with E-state index in [2.05, 4.69) is 15.5 Å². The molecular formula is C14H20N4O2. The number of amidine groups is 1. The van der Waals surface area contributed by atoms with Crippen LogP contribution in [-0.2, 0) is 4.79 Å². The molecule has 1 aromatic heterocycles. The molecule has 0 unspecified atom stereocenters. The Hall–Kier alpha value is -2.11. The van der Waals surface area contributed by atoms with Gasteiger partial charge in [0, 0.05) is 5.69 Å². The number of carbonyl (C=O) groups excluding carboxylic acids is 1. The summed E-state index contributed by atoms with van der Waals surface area (Å²) in [6, 6.07) is 3.66. The van der Waals surface area contributed by atoms with Crippen LogP contribution in [-0.4, -0.2) is 21.9 Å². The monoisotopic (exact) mass is 276 g/mol. The van der Waals surface area contributed by atoms with Crippen LogP contribution >= 0.6 is 0 Å². The number of amides is 1. The number of nitrogens with two attached hydrogens (primary N) is 1. The number of rotatable bonds is 3. The van der Waals surface area contributed by atoms with E-state index in [1.807, 2.05) is 26.0 Å². The van der Waals surface area contributed by atoms with Crippen molar-refractivity contribution in [2.24, 2.45) is 16.3 Å². The van der Waals surface area contributed by atoms with Crippen molar-refractivity contribution in [2.75, 3.05) is 5.32 Å². The first-order valence-corrected chi connectivity index (χ1v) is 6.73. The normalized spacial score (nSPS) is 18.0. The average molecular weight is 276 g/mol. The predicted molar refractivity (Wildman–Crippen MR) is 76.7 cm³/mol. The quantitative estimate of drug-likeness (QED) is 0.340. The summed E-state index contributed by atoms with van der Waals surface area (Å²) < 4.78 is 0. The van der Waals surface area contributed by atoms with Crippen LogP contribution in [0.3, 0.4) is 0 Å². The number of nitrogens with one attached hydrogen (secondary N) is 1. The van der Waals surface area contributed by atoms with Crippen LogP contribution in [0.25, 0.3) is 0 Å². The van der Waals surface area contributed by atoms with Crippen molar-refractivity contribution in [1.82, 2.24) is 4.98 Å². The SMILES string of the molecule is Cc1ccc(NC(=O)C2(/C(N)=N/O)CCCC2)c(C)n1. The van der Waals surface area contributed by atoms with Gasteiger partial charge in [-0.25, -0.2) is 0 Å². The summed E-state index contributed by atoms with van der Waals surface area (Å²) >= 11 is 0. The minimum atomic E-state index is -0.897. The highest BCUT2D eigenvalue weighted by Gasteiger charge is 2.45. The highest BCUT2D eigenvalue weighted by Crippen LogP contribution is 2.39. The molecule has 0 bridgehead atoms. The third-order valence-electron chi connectivity index (χ3n) is 3.96. The highest BCUT2D eigenvalue weighted by atomic mass is 16.4. The van der Waals surface area contributed by atoms with Gasteiger partial charge in [-0.05, 0) is 38.8 Å². The Balaban J connectivity index is 2.26. The van der Waals surface area contributed by atoms with Gasteiger partial charge in [0.05, 0.1) is 11.4 Å². The maximum Gasteiger partial charge on any atom is 0.238 e. The van der Waals surface area contributed by atoms with Gasteiger partial charge in [-0.2, -0.15) is 0 Å². The fraction of sp³-hybridized carbons (Fsp3) is 0.500. The van der Waals surface area contributed by atoms with Gasteiger partial charge in [-0.1, -0.05) is 18.0 Å². The van der Waals surface area contributed by atoms with Gasteiger partial charge in [0.25, 0.3) is 0 Å². The number of carbonyl (C=O) groups is 1. The molecule has 1 aliphatic carbocycles. The Morgan fingerprint density at radius 2 is 2.05 bits per heavy atom. The standard InChI is InChI=1S/C14H20N4O2/c1-9-5-6-11(10(2)16-9)17-13(19)14(12(15)18-20)7-3-4-8-14/h5-6,20H,3-4,7-8H2,1-2H3,(H2,15,18)(H,17,19). The van der Waals surface area contributed by atoms with Crippen LogP contribution in [0, 0.1) is 19.3 Å². The first-order valence-electron chi connectivity index (χ1n) is 6.73. The van der Waals surface area contributed by atoms with Crippen LogP contribution in [0.1, 0.15) is 37.1 Å². The van der Waals surface area contributed by atoms with E-state index in [0.29, 0.717) is 18.5 Å². The predicted octanol–water partition coefficient (Wildman–Crippen LogP) is 1.94. The molecule has 0 spiro atoms. The molecule has 2 rings (SSSR count). The van der Waals surface area contributed by atoms with Gasteiger partial charge >= 0.3 is 0 Å². The third kappa shape index (κ3) is 2.45. The first-order chi connectivity index (χ1) is 9.49. The molecule has 0 atom stereocenters. The molecule has 6 nitrogen and oxygen atoms in total. The van der Waals surface area contributed by atoms with Crippen LogP contribution in [0.5, 0.6) is 0 Å². The van der Waals surface area contributed by atoms with Crippen molar-refractivity contribution >= 4 is 17.4 Å². The van der Waals surface area contributed by atoms with E-state index in [1.165, 1.54) is 0 Å². The maximum absolute atomic E-state index is 12.6. The van der Waals surface area contributed by atoms with E-state index < -0.39 is 5.41 Å². The molecule has 0 saturated heterocycles. The number of oxime groups is 1. The average Bonchev–Trinajstić information content (AvgIpc) is 2.91. The number of hydrogen-bond acceptors (Lipinski definition) is 4. The Labute approximate surface area is 118 Å². The lowest BCUT2D eigenvalue weighted by atomic mass is 9.83. The summed E-state index contributed by atoms with van der Waals surface area (Å²) in [7, 11) is 0. The number of pyridine rings is 1. The molecule has 1 fully saturated rings. The number of aryl methyl sites for hydroxylation is 2. The summed E-state index contributed by atoms with van der Waals surface area (Å²) in [4.78, 5) is 16.9. The molecule has 0 aliphatic heterocycles. The van der Waals surface area contributed by atoms with Crippen LogP contribution in [0.2, 0.25) is 0 Å². The van der Waals surface area contributed by atoms with Crippen LogP contribution < -0.4 is 11.1 Å². The fourth-order valence-electron chi connectivity index (χ4n) is 2.73. The van der Waals surface area contributed by atoms with Crippen molar-refractivity contribution in [3.8, 4) is 0 Å². The van der Waals surface area contributed by atoms with Crippen molar-refractivity contribution < 1.29 is 10.0 Å². The van der Waals surface area contributed by atoms with Crippen molar-refractivity contribution in [3.63, 3.8) is 0 Å². The summed E-state index contributed by atoms with van der Waals surface area (Å²) in [5, 5.41) is 14.9. The lowest BCUT2D eigenvalue weighted by Crippen LogP contribution is -2.45. The number of aromatic nitrogens is 1. The topological polar surface area (TPSA) is 101 Å². The van der Waals surface area contributed by atoms with Gasteiger partial charge in [0.15, 0.2) is 5.84 Å². The molecule has 6 heteroatoms. The molecule has 0 aromatic carbocycles. The van der Waals surface area contributed by atoms with Crippen LogP contribution in [0.15, 0.2) is 17.3 Å². The second-order valence-corrected chi connectivity index (χ2v) is 5.31. The zero-order valence-electron chi connectivity index (χ0n) is 11.8. The van der Waals surface area contributed by atoms with Crippen LogP contribution in [0.4, 0.5) is 5.69 Å². The number of nitrogens with zero attached hydrogens (tertiary/aromatic N) is 2. The van der Waals surface area contributed by atoms with E-state index >= 15 is 0 Å². The molecule has 1 aromatic rings. The fourth-order valence-corrected chi connectivity index (χ4v) is 2.73. The molecule has 0 radical (unpaired) electrons. The minimum absolute atomic E-state index is 0.00905. The van der Waals surface area contributed by atoms with Gasteiger partial charge < -0.3 is 16.3 Å². The summed E-state index contributed by atoms with van der Waals surface area (Å²) in [5.74, 6) is -0.232. The Bertz CT molecular complexity index is 548. The van der Waals surface area contributed by atoms with E-state index in [1.54, 1.807) is 0 Å².